The van der Waals surface area contributed by atoms with Gasteiger partial charge in [-0.15, -0.1) is 0 Å². The van der Waals surface area contributed by atoms with Crippen molar-refractivity contribution in [2.75, 3.05) is 6.61 Å². The SMILES string of the molecule is Cc1ccc(S(=O)(=O)[C@H](C#N)c2nc3ccccc3nc2OCCC(C)C)cc1. The smallest absolute Gasteiger partial charge is 0.238 e. The predicted octanol–water partition coefficient (Wildman–Crippen LogP) is 4.40. The number of hydrogen-bond acceptors (Lipinski definition) is 6. The van der Waals surface area contributed by atoms with Crippen LogP contribution in [0.15, 0.2) is 53.4 Å². The van der Waals surface area contributed by atoms with Gasteiger partial charge in [0.05, 0.1) is 28.6 Å². The van der Waals surface area contributed by atoms with Crippen LogP contribution in [0.25, 0.3) is 11.0 Å². The van der Waals surface area contributed by atoms with Crippen molar-refractivity contribution in [3.63, 3.8) is 0 Å². The lowest BCUT2D eigenvalue weighted by Gasteiger charge is -2.16. The van der Waals surface area contributed by atoms with Crippen LogP contribution in [0.1, 0.15) is 36.8 Å². The van der Waals surface area contributed by atoms with Gasteiger partial charge in [0.1, 0.15) is 5.69 Å². The van der Waals surface area contributed by atoms with Gasteiger partial charge in [-0.3, -0.25) is 0 Å². The average Bonchev–Trinajstić information content (AvgIpc) is 2.68. The van der Waals surface area contributed by atoms with Crippen molar-refractivity contribution >= 4 is 20.9 Å². The molecule has 6 nitrogen and oxygen atoms in total. The summed E-state index contributed by atoms with van der Waals surface area (Å²) in [6.07, 6.45) is 0.774. The van der Waals surface area contributed by atoms with Crippen LogP contribution in [0.3, 0.4) is 0 Å². The number of nitrogens with zero attached hydrogens (tertiary/aromatic N) is 3. The molecule has 29 heavy (non-hydrogen) atoms. The summed E-state index contributed by atoms with van der Waals surface area (Å²) in [4.78, 5) is 8.99. The minimum atomic E-state index is -4.00. The highest BCUT2D eigenvalue weighted by Crippen LogP contribution is 2.33. The summed E-state index contributed by atoms with van der Waals surface area (Å²) >= 11 is 0. The molecule has 2 aromatic carbocycles. The van der Waals surface area contributed by atoms with Crippen LogP contribution < -0.4 is 4.74 Å². The topological polar surface area (TPSA) is 92.9 Å². The number of aromatic nitrogens is 2. The number of benzene rings is 2. The first-order chi connectivity index (χ1) is 13.8. The van der Waals surface area contributed by atoms with E-state index in [9.17, 15) is 13.7 Å². The molecule has 0 fully saturated rings. The Hall–Kier alpha value is -2.98. The maximum Gasteiger partial charge on any atom is 0.238 e. The third-order valence-electron chi connectivity index (χ3n) is 4.52. The van der Waals surface area contributed by atoms with Crippen LogP contribution in [0.4, 0.5) is 0 Å². The molecule has 150 valence electrons. The van der Waals surface area contributed by atoms with Gasteiger partial charge < -0.3 is 4.74 Å². The van der Waals surface area contributed by atoms with Crippen molar-refractivity contribution in [1.29, 1.82) is 5.26 Å². The third kappa shape index (κ3) is 4.54. The Kier molecular flexibility index (Phi) is 6.14. The lowest BCUT2D eigenvalue weighted by Crippen LogP contribution is -2.16. The van der Waals surface area contributed by atoms with Gasteiger partial charge >= 0.3 is 0 Å². The maximum absolute atomic E-state index is 13.2. The Balaban J connectivity index is 2.11. The van der Waals surface area contributed by atoms with Crippen LogP contribution in [-0.4, -0.2) is 25.0 Å². The zero-order valence-electron chi connectivity index (χ0n) is 16.7. The van der Waals surface area contributed by atoms with Crippen LogP contribution in [-0.2, 0) is 9.84 Å². The van der Waals surface area contributed by atoms with E-state index in [2.05, 4.69) is 23.8 Å². The molecule has 7 heteroatoms. The number of ether oxygens (including phenoxy) is 1. The van der Waals surface area contributed by atoms with Crippen molar-refractivity contribution in [1.82, 2.24) is 9.97 Å². The first-order valence-corrected chi connectivity index (χ1v) is 11.0. The molecule has 1 aromatic heterocycles. The fourth-order valence-corrected chi connectivity index (χ4v) is 4.18. The van der Waals surface area contributed by atoms with E-state index < -0.39 is 15.1 Å². The van der Waals surface area contributed by atoms with Gasteiger partial charge in [0, 0.05) is 0 Å². The molecule has 0 radical (unpaired) electrons. The second kappa shape index (κ2) is 8.58. The fraction of sp³-hybridized carbons (Fsp3) is 0.318. The number of sulfone groups is 1. The highest BCUT2D eigenvalue weighted by Gasteiger charge is 2.34. The molecule has 0 N–H and O–H groups in total. The summed E-state index contributed by atoms with van der Waals surface area (Å²) < 4.78 is 32.2. The number of para-hydroxylation sites is 2. The molecule has 0 unspecified atom stereocenters. The molecular weight excluding hydrogens is 386 g/mol. The Labute approximate surface area is 171 Å². The van der Waals surface area contributed by atoms with E-state index in [1.165, 1.54) is 12.1 Å². The Morgan fingerprint density at radius 3 is 2.24 bits per heavy atom. The van der Waals surface area contributed by atoms with Crippen molar-refractivity contribution in [3.05, 3.63) is 59.8 Å². The maximum atomic E-state index is 13.2. The molecule has 0 spiro atoms. The first-order valence-electron chi connectivity index (χ1n) is 9.42. The molecule has 0 amide bonds. The lowest BCUT2D eigenvalue weighted by molar-refractivity contribution is 0.276. The quantitative estimate of drug-likeness (QED) is 0.574. The molecule has 1 heterocycles. The molecule has 1 atom stereocenters. The number of fused-ring (bicyclic) bond motifs is 1. The number of aryl methyl sites for hydroxylation is 1. The zero-order chi connectivity index (χ0) is 21.0. The van der Waals surface area contributed by atoms with Crippen LogP contribution >= 0.6 is 0 Å². The van der Waals surface area contributed by atoms with E-state index in [1.54, 1.807) is 30.3 Å². The number of nitriles is 1. The van der Waals surface area contributed by atoms with Gasteiger partial charge in [0.15, 0.2) is 5.25 Å². The van der Waals surface area contributed by atoms with Gasteiger partial charge in [0.25, 0.3) is 0 Å². The second-order valence-corrected chi connectivity index (χ2v) is 9.33. The Morgan fingerprint density at radius 1 is 1.03 bits per heavy atom. The van der Waals surface area contributed by atoms with E-state index in [-0.39, 0.29) is 16.5 Å². The van der Waals surface area contributed by atoms with Gasteiger partial charge in [0.2, 0.25) is 15.7 Å². The average molecular weight is 410 g/mol. The predicted molar refractivity (Wildman–Crippen MR) is 111 cm³/mol. The summed E-state index contributed by atoms with van der Waals surface area (Å²) in [5.41, 5.74) is 2.05. The van der Waals surface area contributed by atoms with Gasteiger partial charge in [-0.25, -0.2) is 18.4 Å². The standard InChI is InChI=1S/C22H23N3O3S/c1-15(2)12-13-28-22-21(24-18-6-4-5-7-19(18)25-22)20(14-23)29(26,27)17-10-8-16(3)9-11-17/h4-11,15,20H,12-13H2,1-3H3/t20-/m1/s1. The van der Waals surface area contributed by atoms with E-state index in [0.29, 0.717) is 23.6 Å². The van der Waals surface area contributed by atoms with E-state index in [4.69, 9.17) is 4.74 Å². The summed E-state index contributed by atoms with van der Waals surface area (Å²) in [5.74, 6) is 0.501. The van der Waals surface area contributed by atoms with Crippen LogP contribution in [0.2, 0.25) is 0 Å². The Morgan fingerprint density at radius 2 is 1.66 bits per heavy atom. The highest BCUT2D eigenvalue weighted by molar-refractivity contribution is 7.92. The zero-order valence-corrected chi connectivity index (χ0v) is 17.5. The van der Waals surface area contributed by atoms with Gasteiger partial charge in [-0.1, -0.05) is 43.7 Å². The highest BCUT2D eigenvalue weighted by atomic mass is 32.2. The van der Waals surface area contributed by atoms with Crippen LogP contribution in [0, 0.1) is 24.2 Å². The second-order valence-electron chi connectivity index (χ2n) is 7.30. The van der Waals surface area contributed by atoms with Gasteiger partial charge in [-0.05, 0) is 43.5 Å². The van der Waals surface area contributed by atoms with Crippen molar-refractivity contribution in [2.45, 2.75) is 37.3 Å². The molecule has 0 aliphatic carbocycles. The summed E-state index contributed by atoms with van der Waals surface area (Å²) in [7, 11) is -4.00. The van der Waals surface area contributed by atoms with E-state index >= 15 is 0 Å². The third-order valence-corrected chi connectivity index (χ3v) is 6.40. The van der Waals surface area contributed by atoms with Crippen LogP contribution in [0.5, 0.6) is 5.88 Å². The van der Waals surface area contributed by atoms with E-state index in [1.807, 2.05) is 19.1 Å². The minimum absolute atomic E-state index is 0.0236. The molecule has 0 aliphatic rings. The fourth-order valence-electron chi connectivity index (χ4n) is 2.81. The molecule has 0 saturated heterocycles. The van der Waals surface area contributed by atoms with E-state index in [0.717, 1.165) is 12.0 Å². The molecule has 0 bridgehead atoms. The van der Waals surface area contributed by atoms with Crippen molar-refractivity contribution in [3.8, 4) is 11.9 Å². The molecule has 0 saturated carbocycles. The number of hydrogen-bond donors (Lipinski definition) is 0. The van der Waals surface area contributed by atoms with Gasteiger partial charge in [-0.2, -0.15) is 5.26 Å². The van der Waals surface area contributed by atoms with Crippen molar-refractivity contribution in [2.24, 2.45) is 5.92 Å². The summed E-state index contributed by atoms with van der Waals surface area (Å²) in [5, 5.41) is 8.27. The molecule has 3 aromatic rings. The lowest BCUT2D eigenvalue weighted by atomic mass is 10.1. The molecular formula is C22H23N3O3S. The largest absolute Gasteiger partial charge is 0.476 e. The molecule has 3 rings (SSSR count). The monoisotopic (exact) mass is 409 g/mol. The molecule has 0 aliphatic heterocycles. The first kappa shape index (κ1) is 20.7. The number of rotatable bonds is 7. The normalized spacial score (nSPS) is 12.7. The Bertz CT molecular complexity index is 1150. The summed E-state index contributed by atoms with van der Waals surface area (Å²) in [6, 6.07) is 15.4. The minimum Gasteiger partial charge on any atom is -0.476 e. The summed E-state index contributed by atoms with van der Waals surface area (Å²) in [6.45, 7) is 6.36. The van der Waals surface area contributed by atoms with Crippen molar-refractivity contribution < 1.29 is 13.2 Å².